The summed E-state index contributed by atoms with van der Waals surface area (Å²) in [5.41, 5.74) is 2.04. The van der Waals surface area contributed by atoms with Crippen LogP contribution >= 0.6 is 0 Å². The van der Waals surface area contributed by atoms with E-state index >= 15 is 0 Å². The van der Waals surface area contributed by atoms with Crippen molar-refractivity contribution >= 4 is 23.3 Å². The number of rotatable bonds is 6. The van der Waals surface area contributed by atoms with Crippen LogP contribution in [0.5, 0.6) is 0 Å². The van der Waals surface area contributed by atoms with Crippen molar-refractivity contribution in [3.8, 4) is 0 Å². The van der Waals surface area contributed by atoms with Crippen molar-refractivity contribution in [3.05, 3.63) is 56.9 Å². The number of nitro benzene ring substituents is 1. The third-order valence-corrected chi connectivity index (χ3v) is 3.79. The number of nitro groups is 1. The molecule has 0 radical (unpaired) electrons. The molecular formula is C17H19N3O6. The normalized spacial score (nSPS) is 11.7. The summed E-state index contributed by atoms with van der Waals surface area (Å²) in [6.45, 7) is 4.43. The number of amides is 1. The molecule has 0 aliphatic rings. The van der Waals surface area contributed by atoms with Crippen LogP contribution in [0.1, 0.15) is 40.3 Å². The summed E-state index contributed by atoms with van der Waals surface area (Å²) >= 11 is 0. The summed E-state index contributed by atoms with van der Waals surface area (Å²) in [5.74, 6) is -1.36. The van der Waals surface area contributed by atoms with Crippen molar-refractivity contribution in [3.63, 3.8) is 0 Å². The maximum absolute atomic E-state index is 12.1. The summed E-state index contributed by atoms with van der Waals surface area (Å²) in [5, 5.41) is 22.9. The third kappa shape index (κ3) is 4.25. The van der Waals surface area contributed by atoms with Crippen LogP contribution in [0.15, 0.2) is 24.3 Å². The van der Waals surface area contributed by atoms with Gasteiger partial charge in [0.2, 0.25) is 0 Å². The van der Waals surface area contributed by atoms with Gasteiger partial charge < -0.3 is 20.1 Å². The second kappa shape index (κ2) is 7.79. The molecule has 9 nitrogen and oxygen atoms in total. The van der Waals surface area contributed by atoms with Crippen LogP contribution in [-0.2, 0) is 9.53 Å². The zero-order valence-electron chi connectivity index (χ0n) is 14.5. The number of nitrogens with one attached hydrogen (secondary N) is 2. The summed E-state index contributed by atoms with van der Waals surface area (Å²) in [4.78, 5) is 37.0. The zero-order valence-corrected chi connectivity index (χ0v) is 14.5. The number of aromatic nitrogens is 1. The molecule has 0 saturated heterocycles. The molecular weight excluding hydrogens is 342 g/mol. The lowest BCUT2D eigenvalue weighted by Crippen LogP contribution is -2.21. The molecule has 1 aromatic heterocycles. The number of non-ortho nitro benzene ring substituents is 1. The quantitative estimate of drug-likeness (QED) is 0.411. The molecule has 0 saturated carbocycles. The average Bonchev–Trinajstić information content (AvgIpc) is 2.87. The average molecular weight is 361 g/mol. The highest BCUT2D eigenvalue weighted by atomic mass is 16.6. The van der Waals surface area contributed by atoms with Gasteiger partial charge in [0.15, 0.2) is 6.61 Å². The second-order valence-corrected chi connectivity index (χ2v) is 5.77. The minimum absolute atomic E-state index is 0.164. The molecule has 1 atom stereocenters. The summed E-state index contributed by atoms with van der Waals surface area (Å²) in [7, 11) is 0. The summed E-state index contributed by atoms with van der Waals surface area (Å²) in [6.07, 6.45) is -0.745. The molecule has 1 amide bonds. The molecule has 0 fully saturated rings. The van der Waals surface area contributed by atoms with E-state index in [0.29, 0.717) is 16.8 Å². The minimum atomic E-state index is -0.745. The zero-order chi connectivity index (χ0) is 19.4. The van der Waals surface area contributed by atoms with E-state index < -0.39 is 29.5 Å². The van der Waals surface area contributed by atoms with E-state index in [4.69, 9.17) is 4.74 Å². The van der Waals surface area contributed by atoms with Gasteiger partial charge >= 0.3 is 5.97 Å². The third-order valence-electron chi connectivity index (χ3n) is 3.79. The van der Waals surface area contributed by atoms with Crippen molar-refractivity contribution in [1.82, 2.24) is 4.98 Å². The largest absolute Gasteiger partial charge is 0.451 e. The van der Waals surface area contributed by atoms with Gasteiger partial charge in [0, 0.05) is 29.1 Å². The Morgan fingerprint density at radius 1 is 1.38 bits per heavy atom. The highest BCUT2D eigenvalue weighted by Gasteiger charge is 2.21. The van der Waals surface area contributed by atoms with E-state index in [0.717, 1.165) is 0 Å². The number of benzene rings is 1. The van der Waals surface area contributed by atoms with Crippen LogP contribution in [0.2, 0.25) is 0 Å². The first kappa shape index (κ1) is 19.1. The number of anilines is 1. The van der Waals surface area contributed by atoms with Crippen LogP contribution < -0.4 is 5.32 Å². The first-order chi connectivity index (χ1) is 12.2. The van der Waals surface area contributed by atoms with Crippen LogP contribution in [-0.4, -0.2) is 33.5 Å². The number of carbonyl (C=O) groups is 2. The van der Waals surface area contributed by atoms with E-state index in [1.54, 1.807) is 20.8 Å². The predicted octanol–water partition coefficient (Wildman–Crippen LogP) is 2.39. The van der Waals surface area contributed by atoms with Crippen molar-refractivity contribution in [2.75, 3.05) is 11.9 Å². The van der Waals surface area contributed by atoms with Crippen molar-refractivity contribution in [2.24, 2.45) is 0 Å². The Morgan fingerprint density at radius 2 is 2.08 bits per heavy atom. The highest BCUT2D eigenvalue weighted by molar-refractivity contribution is 5.95. The van der Waals surface area contributed by atoms with E-state index in [2.05, 4.69) is 10.3 Å². The van der Waals surface area contributed by atoms with Crippen LogP contribution in [0.3, 0.4) is 0 Å². The van der Waals surface area contributed by atoms with Crippen LogP contribution in [0.25, 0.3) is 0 Å². The fourth-order valence-electron chi connectivity index (χ4n) is 2.69. The number of aryl methyl sites for hydroxylation is 1. The Kier molecular flexibility index (Phi) is 5.73. The SMILES string of the molecule is Cc1[nH]c(C(=O)OCC(=O)Nc2cccc([N+](=O)[O-])c2)c(C)c1[C@@H](C)O. The Bertz CT molecular complexity index is 856. The Hall–Kier alpha value is -3.20. The van der Waals surface area contributed by atoms with Gasteiger partial charge in [-0.15, -0.1) is 0 Å². The molecule has 26 heavy (non-hydrogen) atoms. The highest BCUT2D eigenvalue weighted by Crippen LogP contribution is 2.24. The molecule has 1 aromatic carbocycles. The van der Waals surface area contributed by atoms with Crippen LogP contribution in [0, 0.1) is 24.0 Å². The Balaban J connectivity index is 1.99. The van der Waals surface area contributed by atoms with Gasteiger partial charge in [-0.2, -0.15) is 0 Å². The lowest BCUT2D eigenvalue weighted by molar-refractivity contribution is -0.384. The summed E-state index contributed by atoms with van der Waals surface area (Å²) in [6, 6.07) is 5.42. The first-order valence-corrected chi connectivity index (χ1v) is 7.79. The van der Waals surface area contributed by atoms with Crippen LogP contribution in [0.4, 0.5) is 11.4 Å². The standard InChI is InChI=1S/C17H19N3O6/c1-9-15(11(3)21)10(2)18-16(9)17(23)26-8-14(22)19-12-5-4-6-13(7-12)20(24)25/h4-7,11,18,21H,8H2,1-3H3,(H,19,22)/t11-/m1/s1. The van der Waals surface area contributed by atoms with Gasteiger partial charge in [-0.3, -0.25) is 14.9 Å². The number of aliphatic hydroxyl groups excluding tert-OH is 1. The van der Waals surface area contributed by atoms with E-state index in [1.807, 2.05) is 0 Å². The topological polar surface area (TPSA) is 135 Å². The van der Waals surface area contributed by atoms with Crippen molar-refractivity contribution in [1.29, 1.82) is 0 Å². The van der Waals surface area contributed by atoms with Gasteiger partial charge in [-0.25, -0.2) is 4.79 Å². The van der Waals surface area contributed by atoms with Gasteiger partial charge in [-0.05, 0) is 32.4 Å². The molecule has 0 bridgehead atoms. The number of ether oxygens (including phenoxy) is 1. The molecule has 0 spiro atoms. The molecule has 9 heteroatoms. The number of aromatic amines is 1. The number of H-pyrrole nitrogens is 1. The maximum atomic E-state index is 12.1. The number of nitrogens with zero attached hydrogens (tertiary/aromatic N) is 1. The minimum Gasteiger partial charge on any atom is -0.451 e. The fraction of sp³-hybridized carbons (Fsp3) is 0.294. The predicted molar refractivity (Wildman–Crippen MR) is 92.9 cm³/mol. The Labute approximate surface area is 149 Å². The van der Waals surface area contributed by atoms with E-state index in [1.165, 1.54) is 24.3 Å². The molecule has 0 aliphatic carbocycles. The van der Waals surface area contributed by atoms with E-state index in [9.17, 15) is 24.8 Å². The summed E-state index contributed by atoms with van der Waals surface area (Å²) < 4.78 is 4.97. The molecule has 0 unspecified atom stereocenters. The lowest BCUT2D eigenvalue weighted by Gasteiger charge is -2.07. The molecule has 1 heterocycles. The monoisotopic (exact) mass is 361 g/mol. The lowest BCUT2D eigenvalue weighted by atomic mass is 10.1. The van der Waals surface area contributed by atoms with Gasteiger partial charge in [0.25, 0.3) is 11.6 Å². The number of hydrogen-bond acceptors (Lipinski definition) is 6. The number of carbonyl (C=O) groups excluding carboxylic acids is 2. The maximum Gasteiger partial charge on any atom is 0.355 e. The van der Waals surface area contributed by atoms with Gasteiger partial charge in [0.05, 0.1) is 11.0 Å². The molecule has 0 aliphatic heterocycles. The second-order valence-electron chi connectivity index (χ2n) is 5.77. The molecule has 2 aromatic rings. The van der Waals surface area contributed by atoms with Gasteiger partial charge in [-0.1, -0.05) is 6.07 Å². The Morgan fingerprint density at radius 3 is 2.65 bits per heavy atom. The fourth-order valence-corrected chi connectivity index (χ4v) is 2.69. The smallest absolute Gasteiger partial charge is 0.355 e. The molecule has 138 valence electrons. The van der Waals surface area contributed by atoms with Crippen molar-refractivity contribution < 1.29 is 24.4 Å². The molecule has 2 rings (SSSR count). The van der Waals surface area contributed by atoms with Crippen molar-refractivity contribution in [2.45, 2.75) is 26.9 Å². The van der Waals surface area contributed by atoms with E-state index in [-0.39, 0.29) is 17.1 Å². The molecule has 3 N–H and O–H groups in total. The first-order valence-electron chi connectivity index (χ1n) is 7.79. The number of aliphatic hydroxyl groups is 1. The number of esters is 1. The van der Waals surface area contributed by atoms with Gasteiger partial charge in [0.1, 0.15) is 5.69 Å². The number of hydrogen-bond donors (Lipinski definition) is 3.